The van der Waals surface area contributed by atoms with E-state index in [1.165, 1.54) is 55.6 Å². The van der Waals surface area contributed by atoms with E-state index in [0.717, 1.165) is 36.5 Å². The van der Waals surface area contributed by atoms with Crippen LogP contribution in [-0.2, 0) is 6.42 Å². The van der Waals surface area contributed by atoms with E-state index in [1.54, 1.807) is 4.91 Å². The quantitative estimate of drug-likeness (QED) is 0.192. The van der Waals surface area contributed by atoms with Gasteiger partial charge in [-0.2, -0.15) is 0 Å². The summed E-state index contributed by atoms with van der Waals surface area (Å²) in [5.74, 6) is 3.12. The van der Waals surface area contributed by atoms with E-state index in [2.05, 4.69) is 165 Å². The maximum atomic E-state index is 5.31. The lowest BCUT2D eigenvalue weighted by Crippen LogP contribution is -2.18. The van der Waals surface area contributed by atoms with E-state index in [1.807, 2.05) is 12.3 Å². The Bertz CT molecular complexity index is 2550. The minimum Gasteiger partial charge on any atom is -0.278 e. The number of nitrogens with zero attached hydrogens (tertiary/aromatic N) is 3. The fourth-order valence-corrected chi connectivity index (χ4v) is 11.3. The normalized spacial score (nSPS) is 28.0. The second-order valence-corrected chi connectivity index (χ2v) is 17.3. The van der Waals surface area contributed by atoms with Crippen molar-refractivity contribution in [3.05, 3.63) is 182 Å². The Kier molecular flexibility index (Phi) is 8.26. The Hall–Kier alpha value is -5.11. The van der Waals surface area contributed by atoms with Crippen LogP contribution in [0.1, 0.15) is 80.5 Å². The highest BCUT2D eigenvalue weighted by Crippen LogP contribution is 2.54. The highest BCUT2D eigenvalue weighted by Gasteiger charge is 2.38. The molecule has 0 spiro atoms. The van der Waals surface area contributed by atoms with Gasteiger partial charge in [-0.05, 0) is 99.5 Å². The smallest absolute Gasteiger partial charge is 0.235 e. The van der Waals surface area contributed by atoms with Gasteiger partial charge in [-0.15, -0.1) is 11.8 Å². The second kappa shape index (κ2) is 13.3. The van der Waals surface area contributed by atoms with Gasteiger partial charge in [-0.25, -0.2) is 9.97 Å². The van der Waals surface area contributed by atoms with Crippen LogP contribution in [0.25, 0.3) is 28.5 Å². The lowest BCUT2D eigenvalue weighted by Gasteiger charge is -2.30. The number of hydrogen-bond acceptors (Lipinski definition) is 3. The first-order chi connectivity index (χ1) is 26.4. The maximum absolute atomic E-state index is 5.31. The SMILES string of the molecule is CC1C=Cc2c(c3ccc(C4C=CC=C5C6=C(SC54)C(C)CC=C6)cc3n2-c2nccc(C3=C=C=C(C4=CC=CC(c5ccccc5)C4C)C(C)C3)n2)C1. The van der Waals surface area contributed by atoms with E-state index in [9.17, 15) is 0 Å². The molecule has 10 rings (SSSR count). The van der Waals surface area contributed by atoms with E-state index >= 15 is 0 Å². The van der Waals surface area contributed by atoms with Gasteiger partial charge < -0.3 is 0 Å². The molecule has 0 saturated carbocycles. The number of benzene rings is 2. The third kappa shape index (κ3) is 5.51. The molecule has 1 aliphatic heterocycles. The molecule has 0 bridgehead atoms. The molecule has 0 amide bonds. The Balaban J connectivity index is 1.03. The molecule has 0 fully saturated rings. The molecule has 4 heteroatoms. The summed E-state index contributed by atoms with van der Waals surface area (Å²) < 4.78 is 2.32. The third-order valence-electron chi connectivity index (χ3n) is 12.5. The van der Waals surface area contributed by atoms with Gasteiger partial charge in [0, 0.05) is 39.8 Å². The minimum atomic E-state index is 0.299. The molecule has 0 saturated heterocycles. The lowest BCUT2D eigenvalue weighted by atomic mass is 9.73. The van der Waals surface area contributed by atoms with Crippen LogP contribution in [0.5, 0.6) is 0 Å². The summed E-state index contributed by atoms with van der Waals surface area (Å²) in [5, 5.41) is 1.70. The zero-order valence-corrected chi connectivity index (χ0v) is 32.3. The fourth-order valence-electron chi connectivity index (χ4n) is 9.66. The molecular weight excluding hydrogens is 675 g/mol. The number of rotatable bonds is 5. The van der Waals surface area contributed by atoms with E-state index in [-0.39, 0.29) is 0 Å². The number of fused-ring (bicyclic) bond motifs is 5. The Morgan fingerprint density at radius 2 is 1.63 bits per heavy atom. The van der Waals surface area contributed by atoms with Crippen LogP contribution in [0.15, 0.2) is 154 Å². The maximum Gasteiger partial charge on any atom is 0.235 e. The molecule has 266 valence electrons. The van der Waals surface area contributed by atoms with E-state index in [4.69, 9.17) is 9.97 Å². The fraction of sp³-hybridized carbons (Fsp3) is 0.280. The first-order valence-corrected chi connectivity index (χ1v) is 20.6. The third-order valence-corrected chi connectivity index (χ3v) is 14.2. The molecule has 0 radical (unpaired) electrons. The Morgan fingerprint density at radius 1 is 0.796 bits per heavy atom. The van der Waals surface area contributed by atoms with Crippen molar-refractivity contribution >= 4 is 34.3 Å². The molecule has 7 unspecified atom stereocenters. The first kappa shape index (κ1) is 33.5. The molecule has 0 N–H and O–H groups in total. The Labute approximate surface area is 323 Å². The van der Waals surface area contributed by atoms with Gasteiger partial charge >= 0.3 is 0 Å². The van der Waals surface area contributed by atoms with E-state index < -0.39 is 0 Å². The largest absolute Gasteiger partial charge is 0.278 e. The molecule has 7 atom stereocenters. The van der Waals surface area contributed by atoms with Crippen LogP contribution in [0, 0.1) is 23.7 Å². The predicted molar refractivity (Wildman–Crippen MR) is 225 cm³/mol. The molecule has 3 heterocycles. The van der Waals surface area contributed by atoms with Crippen LogP contribution < -0.4 is 0 Å². The summed E-state index contributed by atoms with van der Waals surface area (Å²) in [5.41, 5.74) is 21.3. The summed E-state index contributed by atoms with van der Waals surface area (Å²) in [7, 11) is 0. The average Bonchev–Trinajstić information content (AvgIpc) is 3.75. The number of aromatic nitrogens is 3. The van der Waals surface area contributed by atoms with Crippen LogP contribution >= 0.6 is 11.8 Å². The highest BCUT2D eigenvalue weighted by atomic mass is 32.2. The standard InChI is InChI=1S/C50H45N3S/c1-30-19-24-46-44(27-30)41-23-20-35(40-16-10-18-43-42-17-8-11-31(2)48(42)54-49(40)43)29-47(41)53(46)50-51-26-25-45(52-50)36-21-22-37(32(3)28-36)39-15-9-14-38(33(39)4)34-12-6-5-7-13-34/h5-10,12-20,23-26,29-33,38,40,49H,11,27-28H2,1-4H3. The van der Waals surface area contributed by atoms with E-state index in [0.29, 0.717) is 40.8 Å². The summed E-state index contributed by atoms with van der Waals surface area (Å²) >= 11 is 2.09. The zero-order valence-electron chi connectivity index (χ0n) is 31.5. The minimum absolute atomic E-state index is 0.299. The van der Waals surface area contributed by atoms with Crippen LogP contribution in [0.3, 0.4) is 0 Å². The second-order valence-electron chi connectivity index (χ2n) is 16.1. The van der Waals surface area contributed by atoms with Crippen LogP contribution in [-0.4, -0.2) is 19.8 Å². The molecule has 5 aliphatic carbocycles. The molecule has 4 aromatic rings. The highest BCUT2D eigenvalue weighted by molar-refractivity contribution is 8.04. The van der Waals surface area contributed by atoms with Crippen molar-refractivity contribution in [2.75, 3.05) is 0 Å². The van der Waals surface area contributed by atoms with Gasteiger partial charge in [0.25, 0.3) is 0 Å². The number of thioether (sulfide) groups is 1. The van der Waals surface area contributed by atoms with Gasteiger partial charge in [0.2, 0.25) is 5.95 Å². The van der Waals surface area contributed by atoms with Crippen molar-refractivity contribution in [1.29, 1.82) is 0 Å². The topological polar surface area (TPSA) is 30.7 Å². The van der Waals surface area contributed by atoms with Gasteiger partial charge in [0.15, 0.2) is 0 Å². The number of hydrogen-bond donors (Lipinski definition) is 0. The first-order valence-electron chi connectivity index (χ1n) is 19.8. The zero-order chi connectivity index (χ0) is 36.5. The molecule has 3 nitrogen and oxygen atoms in total. The molecular formula is C50H45N3S. The van der Waals surface area contributed by atoms with Gasteiger partial charge in [0.05, 0.1) is 16.9 Å². The molecule has 6 aliphatic rings. The summed E-state index contributed by atoms with van der Waals surface area (Å²) in [6, 6.07) is 20.1. The summed E-state index contributed by atoms with van der Waals surface area (Å²) in [4.78, 5) is 11.8. The van der Waals surface area contributed by atoms with Crippen LogP contribution in [0.4, 0.5) is 0 Å². The lowest BCUT2D eigenvalue weighted by molar-refractivity contribution is 0.577. The Morgan fingerprint density at radius 3 is 2.48 bits per heavy atom. The van der Waals surface area contributed by atoms with Crippen molar-refractivity contribution in [3.8, 4) is 5.95 Å². The molecule has 2 aromatic carbocycles. The predicted octanol–water partition coefficient (Wildman–Crippen LogP) is 12.2. The number of allylic oxidation sites excluding steroid dienone is 14. The van der Waals surface area contributed by atoms with Crippen molar-refractivity contribution in [2.24, 2.45) is 23.7 Å². The summed E-state index contributed by atoms with van der Waals surface area (Å²) in [6.45, 7) is 9.36. The van der Waals surface area contributed by atoms with Crippen molar-refractivity contribution in [2.45, 2.75) is 64.0 Å². The molecule has 54 heavy (non-hydrogen) atoms. The van der Waals surface area contributed by atoms with Gasteiger partial charge in [-0.3, -0.25) is 4.57 Å². The van der Waals surface area contributed by atoms with Crippen molar-refractivity contribution in [3.63, 3.8) is 0 Å². The molecule has 2 aromatic heterocycles. The van der Waals surface area contributed by atoms with Crippen LogP contribution in [0.2, 0.25) is 0 Å². The van der Waals surface area contributed by atoms with Crippen molar-refractivity contribution in [1.82, 2.24) is 14.5 Å². The van der Waals surface area contributed by atoms with Crippen molar-refractivity contribution < 1.29 is 0 Å². The van der Waals surface area contributed by atoms with Gasteiger partial charge in [-0.1, -0.05) is 136 Å². The average molecular weight is 720 g/mol. The monoisotopic (exact) mass is 719 g/mol. The summed E-state index contributed by atoms with van der Waals surface area (Å²) in [6.07, 6.45) is 28.2. The van der Waals surface area contributed by atoms with Gasteiger partial charge in [0.1, 0.15) is 0 Å².